The molecule has 3 aromatic rings. The first-order valence-corrected chi connectivity index (χ1v) is 14.4. The van der Waals surface area contributed by atoms with Crippen LogP contribution in [-0.4, -0.2) is 44.3 Å². The molecule has 0 aromatic heterocycles. The van der Waals surface area contributed by atoms with Gasteiger partial charge in [-0.25, -0.2) is 0 Å². The summed E-state index contributed by atoms with van der Waals surface area (Å²) in [6.07, 6.45) is 3.09. The Kier molecular flexibility index (Phi) is 11.1. The summed E-state index contributed by atoms with van der Waals surface area (Å²) in [6, 6.07) is 30.0. The second kappa shape index (κ2) is 14.5. The molecule has 0 aliphatic heterocycles. The van der Waals surface area contributed by atoms with Crippen LogP contribution in [0.5, 0.6) is 0 Å². The molecule has 2 atom stereocenters. The predicted molar refractivity (Wildman–Crippen MR) is 145 cm³/mol. The van der Waals surface area contributed by atoms with E-state index in [2.05, 4.69) is 36.5 Å². The third-order valence-electron chi connectivity index (χ3n) is 5.84. The molecule has 0 bridgehead atoms. The van der Waals surface area contributed by atoms with Crippen LogP contribution >= 0.6 is 0 Å². The summed E-state index contributed by atoms with van der Waals surface area (Å²) in [5, 5.41) is 3.16. The first kappa shape index (κ1) is 26.7. The van der Waals surface area contributed by atoms with Gasteiger partial charge in [0, 0.05) is 0 Å². The summed E-state index contributed by atoms with van der Waals surface area (Å²) in [5.41, 5.74) is 2.12. The number of benzene rings is 3. The minimum atomic E-state index is -0.589. The van der Waals surface area contributed by atoms with Crippen molar-refractivity contribution in [1.82, 2.24) is 10.2 Å². The van der Waals surface area contributed by atoms with Crippen LogP contribution in [-0.2, 0) is 16.1 Å². The molecular formula is C30H36N2O2Se. The summed E-state index contributed by atoms with van der Waals surface area (Å²) in [5.74, 6) is -0.0396. The summed E-state index contributed by atoms with van der Waals surface area (Å²) >= 11 is -0.0587. The SMILES string of the molecule is CCCCNC(=O)C([C@@H]([Se]c1ccccc1)c1ccccc1)N(Cc1ccccc1)C(=O)CCC. The van der Waals surface area contributed by atoms with Crippen molar-refractivity contribution < 1.29 is 9.59 Å². The van der Waals surface area contributed by atoms with E-state index in [4.69, 9.17) is 0 Å². The van der Waals surface area contributed by atoms with Gasteiger partial charge in [0.05, 0.1) is 0 Å². The fourth-order valence-electron chi connectivity index (χ4n) is 4.02. The number of rotatable bonds is 13. The quantitative estimate of drug-likeness (QED) is 0.251. The van der Waals surface area contributed by atoms with Crippen molar-refractivity contribution >= 4 is 31.2 Å². The Bertz CT molecular complexity index is 1030. The van der Waals surface area contributed by atoms with Gasteiger partial charge >= 0.3 is 217 Å². The number of nitrogens with zero attached hydrogens (tertiary/aromatic N) is 1. The van der Waals surface area contributed by atoms with Crippen LogP contribution in [0.15, 0.2) is 91.0 Å². The van der Waals surface area contributed by atoms with Crippen LogP contribution in [0, 0.1) is 0 Å². The van der Waals surface area contributed by atoms with Gasteiger partial charge in [-0.3, -0.25) is 0 Å². The zero-order chi connectivity index (χ0) is 24.9. The zero-order valence-electron chi connectivity index (χ0n) is 20.7. The number of unbranched alkanes of at least 4 members (excludes halogenated alkanes) is 1. The minimum absolute atomic E-state index is 0.0248. The van der Waals surface area contributed by atoms with Crippen molar-refractivity contribution in [3.63, 3.8) is 0 Å². The van der Waals surface area contributed by atoms with Gasteiger partial charge in [0.1, 0.15) is 0 Å². The fourth-order valence-corrected chi connectivity index (χ4v) is 6.75. The second-order valence-electron chi connectivity index (χ2n) is 8.61. The summed E-state index contributed by atoms with van der Waals surface area (Å²) in [6.45, 7) is 5.16. The number of amides is 2. The number of nitrogens with one attached hydrogen (secondary N) is 1. The fraction of sp³-hybridized carbons (Fsp3) is 0.333. The topological polar surface area (TPSA) is 49.4 Å². The van der Waals surface area contributed by atoms with E-state index >= 15 is 0 Å². The van der Waals surface area contributed by atoms with Crippen molar-refractivity contribution in [2.24, 2.45) is 0 Å². The molecule has 184 valence electrons. The molecule has 0 spiro atoms. The van der Waals surface area contributed by atoms with Crippen LogP contribution in [0.25, 0.3) is 0 Å². The molecule has 0 aliphatic rings. The van der Waals surface area contributed by atoms with E-state index in [1.54, 1.807) is 0 Å². The normalized spacial score (nSPS) is 12.5. The average molecular weight is 536 g/mol. The van der Waals surface area contributed by atoms with Crippen LogP contribution in [0.4, 0.5) is 0 Å². The molecule has 0 saturated heterocycles. The number of hydrogen-bond donors (Lipinski definition) is 1. The van der Waals surface area contributed by atoms with Crippen LogP contribution in [0.3, 0.4) is 0 Å². The molecule has 4 nitrogen and oxygen atoms in total. The molecule has 5 heteroatoms. The average Bonchev–Trinajstić information content (AvgIpc) is 2.89. The van der Waals surface area contributed by atoms with E-state index in [0.29, 0.717) is 19.5 Å². The van der Waals surface area contributed by atoms with E-state index in [9.17, 15) is 9.59 Å². The van der Waals surface area contributed by atoms with Crippen LogP contribution in [0.2, 0.25) is 0 Å². The van der Waals surface area contributed by atoms with E-state index < -0.39 is 6.04 Å². The van der Waals surface area contributed by atoms with E-state index in [-0.39, 0.29) is 31.6 Å². The predicted octanol–water partition coefficient (Wildman–Crippen LogP) is 4.87. The monoisotopic (exact) mass is 536 g/mol. The Hall–Kier alpha value is -2.88. The molecule has 0 fully saturated rings. The van der Waals surface area contributed by atoms with Crippen molar-refractivity contribution in [2.45, 2.75) is 56.9 Å². The van der Waals surface area contributed by atoms with Gasteiger partial charge in [-0.2, -0.15) is 0 Å². The van der Waals surface area contributed by atoms with Crippen molar-refractivity contribution in [2.75, 3.05) is 6.54 Å². The van der Waals surface area contributed by atoms with Gasteiger partial charge in [0.2, 0.25) is 0 Å². The third kappa shape index (κ3) is 8.09. The molecule has 3 aromatic carbocycles. The first-order chi connectivity index (χ1) is 17.1. The Morgan fingerprint density at radius 1 is 0.829 bits per heavy atom. The Morgan fingerprint density at radius 3 is 2.03 bits per heavy atom. The second-order valence-corrected chi connectivity index (χ2v) is 11.2. The molecule has 35 heavy (non-hydrogen) atoms. The molecule has 0 heterocycles. The van der Waals surface area contributed by atoms with Gasteiger partial charge in [-0.05, 0) is 0 Å². The van der Waals surface area contributed by atoms with E-state index in [1.807, 2.05) is 78.6 Å². The molecule has 1 N–H and O–H groups in total. The maximum atomic E-state index is 13.9. The summed E-state index contributed by atoms with van der Waals surface area (Å²) in [7, 11) is 0. The Balaban J connectivity index is 2.07. The van der Waals surface area contributed by atoms with E-state index in [0.717, 1.165) is 30.4 Å². The molecule has 1 unspecified atom stereocenters. The molecule has 0 saturated carbocycles. The van der Waals surface area contributed by atoms with Gasteiger partial charge in [0.15, 0.2) is 0 Å². The van der Waals surface area contributed by atoms with Gasteiger partial charge in [-0.15, -0.1) is 0 Å². The van der Waals surface area contributed by atoms with E-state index in [1.165, 1.54) is 4.46 Å². The number of carbonyl (C=O) groups is 2. The van der Waals surface area contributed by atoms with Gasteiger partial charge < -0.3 is 0 Å². The van der Waals surface area contributed by atoms with Gasteiger partial charge in [-0.1, -0.05) is 0 Å². The number of carbonyl (C=O) groups excluding carboxylic acids is 2. The molecule has 3 rings (SSSR count). The van der Waals surface area contributed by atoms with Crippen molar-refractivity contribution in [1.29, 1.82) is 0 Å². The zero-order valence-corrected chi connectivity index (χ0v) is 22.4. The number of hydrogen-bond acceptors (Lipinski definition) is 2. The summed E-state index contributed by atoms with van der Waals surface area (Å²) in [4.78, 5) is 29.2. The van der Waals surface area contributed by atoms with Crippen molar-refractivity contribution in [3.8, 4) is 0 Å². The van der Waals surface area contributed by atoms with Crippen LogP contribution in [0.1, 0.15) is 55.5 Å². The molecule has 0 aliphatic carbocycles. The first-order valence-electron chi connectivity index (χ1n) is 12.5. The maximum absolute atomic E-state index is 13.9. The van der Waals surface area contributed by atoms with Crippen molar-refractivity contribution in [3.05, 3.63) is 102 Å². The third-order valence-corrected chi connectivity index (χ3v) is 8.62. The standard InChI is InChI=1S/C30H36N2O2Se/c1-3-5-22-31-30(34)28(32(27(33)15-4-2)23-24-16-9-6-10-17-24)29(25-18-11-7-12-19-25)35-26-20-13-8-14-21-26/h6-14,16-21,28-29H,3-5,15,22-23H2,1-2H3,(H,31,34)/t28?,29-/m0/s1. The Morgan fingerprint density at radius 2 is 1.43 bits per heavy atom. The van der Waals surface area contributed by atoms with Crippen LogP contribution < -0.4 is 9.78 Å². The Labute approximate surface area is 216 Å². The molecular weight excluding hydrogens is 499 g/mol. The van der Waals surface area contributed by atoms with Gasteiger partial charge in [0.25, 0.3) is 0 Å². The molecule has 0 radical (unpaired) electrons. The summed E-state index contributed by atoms with van der Waals surface area (Å²) < 4.78 is 1.21. The molecule has 2 amide bonds.